The molecule has 1 amide bonds. The van der Waals surface area contributed by atoms with Crippen molar-refractivity contribution in [3.63, 3.8) is 0 Å². The van der Waals surface area contributed by atoms with Crippen LogP contribution in [0.15, 0.2) is 58.3 Å². The zero-order valence-corrected chi connectivity index (χ0v) is 18.2. The number of nitrogens with one attached hydrogen (secondary N) is 1. The molecule has 1 aliphatic heterocycles. The summed E-state index contributed by atoms with van der Waals surface area (Å²) in [5.74, 6) is 1.61. The molecule has 9 heteroatoms. The van der Waals surface area contributed by atoms with Crippen LogP contribution in [0.2, 0.25) is 0 Å². The Labute approximate surface area is 186 Å². The normalized spacial score (nSPS) is 14.6. The molecule has 1 aliphatic rings. The summed E-state index contributed by atoms with van der Waals surface area (Å²) in [6.45, 7) is 5.80. The topological polar surface area (TPSA) is 85.4 Å². The third kappa shape index (κ3) is 6.19. The van der Waals surface area contributed by atoms with Crippen LogP contribution in [0.4, 0.5) is 0 Å². The van der Waals surface area contributed by atoms with Crippen molar-refractivity contribution in [2.45, 2.75) is 18.1 Å². The number of carbonyl (C=O) groups excluding carboxylic acids is 1. The molecule has 0 saturated carbocycles. The number of hydrogen-bond donors (Lipinski definition) is 1. The lowest BCUT2D eigenvalue weighted by Crippen LogP contribution is -2.38. The van der Waals surface area contributed by atoms with Crippen molar-refractivity contribution >= 4 is 17.7 Å². The van der Waals surface area contributed by atoms with Gasteiger partial charge in [-0.25, -0.2) is 0 Å². The predicted molar refractivity (Wildman–Crippen MR) is 119 cm³/mol. The van der Waals surface area contributed by atoms with E-state index >= 15 is 0 Å². The minimum atomic E-state index is 0.000729. The molecule has 3 aromatic rings. The molecule has 0 spiro atoms. The van der Waals surface area contributed by atoms with Crippen LogP contribution in [0.1, 0.15) is 12.0 Å². The summed E-state index contributed by atoms with van der Waals surface area (Å²) < 4.78 is 12.9. The summed E-state index contributed by atoms with van der Waals surface area (Å²) >= 11 is 1.39. The van der Waals surface area contributed by atoms with Crippen LogP contribution < -0.4 is 5.32 Å². The number of rotatable bonds is 10. The Balaban J connectivity index is 1.31. The number of amides is 1. The van der Waals surface area contributed by atoms with Gasteiger partial charge in [-0.2, -0.15) is 0 Å². The fourth-order valence-electron chi connectivity index (χ4n) is 3.43. The summed E-state index contributed by atoms with van der Waals surface area (Å²) in [7, 11) is 0. The molecule has 4 rings (SSSR count). The van der Waals surface area contributed by atoms with Crippen molar-refractivity contribution < 1.29 is 13.9 Å². The maximum Gasteiger partial charge on any atom is 0.230 e. The van der Waals surface area contributed by atoms with Gasteiger partial charge in [0.15, 0.2) is 10.9 Å². The monoisotopic (exact) mass is 441 g/mol. The Hall–Kier alpha value is -2.62. The summed E-state index contributed by atoms with van der Waals surface area (Å²) in [6, 6.07) is 13.8. The first-order chi connectivity index (χ1) is 15.3. The molecule has 1 saturated heterocycles. The SMILES string of the molecule is O=C(CSc1nnc(-c2ccco2)n1Cc1ccccc1)NCCCN1CCOCC1. The van der Waals surface area contributed by atoms with Crippen molar-refractivity contribution in [2.75, 3.05) is 45.1 Å². The standard InChI is InChI=1S/C22H27N5O3S/c28-20(23-9-5-10-26-11-14-29-15-12-26)17-31-22-25-24-21(19-8-4-13-30-19)27(22)16-18-6-2-1-3-7-18/h1-4,6-8,13H,5,9-12,14-17H2,(H,23,28). The van der Waals surface area contributed by atoms with Gasteiger partial charge in [0.05, 0.1) is 31.8 Å². The van der Waals surface area contributed by atoms with Crippen molar-refractivity contribution in [3.05, 3.63) is 54.3 Å². The minimum absolute atomic E-state index is 0.000729. The molecule has 0 radical (unpaired) electrons. The van der Waals surface area contributed by atoms with Crippen molar-refractivity contribution in [3.8, 4) is 11.6 Å². The Kier molecular flexibility index (Phi) is 7.76. The van der Waals surface area contributed by atoms with Gasteiger partial charge in [-0.15, -0.1) is 10.2 Å². The number of benzene rings is 1. The molecular weight excluding hydrogens is 414 g/mol. The number of aromatic nitrogens is 3. The van der Waals surface area contributed by atoms with E-state index < -0.39 is 0 Å². The molecule has 1 N–H and O–H groups in total. The maximum atomic E-state index is 12.3. The van der Waals surface area contributed by atoms with E-state index in [9.17, 15) is 4.79 Å². The van der Waals surface area contributed by atoms with Crippen molar-refractivity contribution in [1.82, 2.24) is 25.0 Å². The Morgan fingerprint density at radius 1 is 1.10 bits per heavy atom. The van der Waals surface area contributed by atoms with Crippen molar-refractivity contribution in [2.24, 2.45) is 0 Å². The number of morpholine rings is 1. The highest BCUT2D eigenvalue weighted by atomic mass is 32.2. The first kappa shape index (κ1) is 21.6. The molecule has 8 nitrogen and oxygen atoms in total. The maximum absolute atomic E-state index is 12.3. The highest BCUT2D eigenvalue weighted by Gasteiger charge is 2.18. The minimum Gasteiger partial charge on any atom is -0.461 e. The van der Waals surface area contributed by atoms with Crippen LogP contribution in [-0.2, 0) is 16.1 Å². The van der Waals surface area contributed by atoms with E-state index in [1.54, 1.807) is 6.26 Å². The molecule has 0 atom stereocenters. The van der Waals surface area contributed by atoms with E-state index in [0.29, 0.717) is 35.6 Å². The largest absolute Gasteiger partial charge is 0.461 e. The van der Waals surface area contributed by atoms with E-state index in [-0.39, 0.29) is 5.91 Å². The van der Waals surface area contributed by atoms with E-state index in [1.807, 2.05) is 34.9 Å². The average molecular weight is 442 g/mol. The van der Waals surface area contributed by atoms with Gasteiger partial charge in [-0.05, 0) is 30.7 Å². The zero-order valence-electron chi connectivity index (χ0n) is 17.4. The molecule has 1 aromatic carbocycles. The summed E-state index contributed by atoms with van der Waals surface area (Å²) in [5.41, 5.74) is 1.13. The molecule has 0 unspecified atom stereocenters. The average Bonchev–Trinajstić information content (AvgIpc) is 3.47. The number of ether oxygens (including phenoxy) is 1. The Morgan fingerprint density at radius 3 is 2.71 bits per heavy atom. The number of thioether (sulfide) groups is 1. The van der Waals surface area contributed by atoms with Crippen LogP contribution in [0.25, 0.3) is 11.6 Å². The quantitative estimate of drug-likeness (QED) is 0.382. The first-order valence-electron chi connectivity index (χ1n) is 10.5. The van der Waals surface area contributed by atoms with Crippen LogP contribution in [0.3, 0.4) is 0 Å². The van der Waals surface area contributed by atoms with E-state index in [4.69, 9.17) is 9.15 Å². The van der Waals surface area contributed by atoms with Gasteiger partial charge >= 0.3 is 0 Å². The van der Waals surface area contributed by atoms with E-state index in [0.717, 1.165) is 44.8 Å². The highest BCUT2D eigenvalue weighted by molar-refractivity contribution is 7.99. The molecule has 1 fully saturated rings. The van der Waals surface area contributed by atoms with E-state index in [2.05, 4.69) is 32.5 Å². The lowest BCUT2D eigenvalue weighted by atomic mass is 10.2. The zero-order chi connectivity index (χ0) is 21.3. The number of carbonyl (C=O) groups is 1. The van der Waals surface area contributed by atoms with Crippen LogP contribution in [-0.4, -0.2) is 70.7 Å². The Bertz CT molecular complexity index is 939. The second-order valence-electron chi connectivity index (χ2n) is 7.30. The van der Waals surface area contributed by atoms with Crippen molar-refractivity contribution in [1.29, 1.82) is 0 Å². The molecule has 164 valence electrons. The smallest absolute Gasteiger partial charge is 0.230 e. The fraction of sp³-hybridized carbons (Fsp3) is 0.409. The third-order valence-corrected chi connectivity index (χ3v) is 6.02. The first-order valence-corrected chi connectivity index (χ1v) is 11.5. The lowest BCUT2D eigenvalue weighted by Gasteiger charge is -2.26. The summed E-state index contributed by atoms with van der Waals surface area (Å²) in [5, 5.41) is 12.3. The molecule has 3 heterocycles. The lowest BCUT2D eigenvalue weighted by molar-refractivity contribution is -0.118. The molecule has 2 aromatic heterocycles. The number of hydrogen-bond acceptors (Lipinski definition) is 7. The van der Waals surface area contributed by atoms with Crippen LogP contribution in [0, 0.1) is 0 Å². The van der Waals surface area contributed by atoms with Gasteiger partial charge in [-0.1, -0.05) is 42.1 Å². The van der Waals surface area contributed by atoms with Gasteiger partial charge in [0.1, 0.15) is 0 Å². The van der Waals surface area contributed by atoms with Crippen LogP contribution in [0.5, 0.6) is 0 Å². The van der Waals surface area contributed by atoms with E-state index in [1.165, 1.54) is 11.8 Å². The predicted octanol–water partition coefficient (Wildman–Crippen LogP) is 2.52. The van der Waals surface area contributed by atoms with Gasteiger partial charge in [0.25, 0.3) is 0 Å². The summed E-state index contributed by atoms with van der Waals surface area (Å²) in [4.78, 5) is 14.7. The molecule has 0 aliphatic carbocycles. The molecule has 31 heavy (non-hydrogen) atoms. The Morgan fingerprint density at radius 2 is 1.94 bits per heavy atom. The fourth-order valence-corrected chi connectivity index (χ4v) is 4.20. The second kappa shape index (κ2) is 11.1. The highest BCUT2D eigenvalue weighted by Crippen LogP contribution is 2.25. The number of nitrogens with zero attached hydrogens (tertiary/aromatic N) is 4. The van der Waals surface area contributed by atoms with Gasteiger partial charge in [-0.3, -0.25) is 14.3 Å². The van der Waals surface area contributed by atoms with Crippen LogP contribution >= 0.6 is 11.8 Å². The number of furan rings is 1. The second-order valence-corrected chi connectivity index (χ2v) is 8.24. The van der Waals surface area contributed by atoms with Gasteiger partial charge < -0.3 is 14.5 Å². The van der Waals surface area contributed by atoms with Gasteiger partial charge in [0, 0.05) is 19.6 Å². The molecular formula is C22H27N5O3S. The van der Waals surface area contributed by atoms with Gasteiger partial charge in [0.2, 0.25) is 11.7 Å². The summed E-state index contributed by atoms with van der Waals surface area (Å²) in [6.07, 6.45) is 2.55. The molecule has 0 bridgehead atoms. The third-order valence-electron chi connectivity index (χ3n) is 5.05.